The van der Waals surface area contributed by atoms with Crippen LogP contribution in [0.25, 0.3) is 11.1 Å². The topological polar surface area (TPSA) is 76.1 Å². The smallest absolute Gasteiger partial charge is 0.409 e. The summed E-state index contributed by atoms with van der Waals surface area (Å²) in [5.41, 5.74) is 4.13. The molecule has 2 aromatic carbocycles. The molecule has 1 N–H and O–H groups in total. The number of likely N-dealkylation sites (tertiary alicyclic amines) is 1. The molecule has 158 valence electrons. The lowest BCUT2D eigenvalue weighted by Crippen LogP contribution is -2.36. The molecule has 6 nitrogen and oxygen atoms in total. The van der Waals surface area contributed by atoms with E-state index >= 15 is 0 Å². The molecule has 4 rings (SSSR count). The first-order valence-electron chi connectivity index (χ1n) is 10.2. The van der Waals surface area contributed by atoms with Crippen molar-refractivity contribution in [1.29, 1.82) is 0 Å². The predicted molar refractivity (Wildman–Crippen MR) is 112 cm³/mol. The van der Waals surface area contributed by atoms with Crippen molar-refractivity contribution in [2.75, 3.05) is 19.7 Å². The number of nitrogens with zero attached hydrogens (tertiary/aromatic N) is 1. The Hall–Kier alpha value is -2.86. The van der Waals surface area contributed by atoms with Gasteiger partial charge in [0.15, 0.2) is 0 Å². The van der Waals surface area contributed by atoms with Gasteiger partial charge in [-0.3, -0.25) is 4.79 Å². The summed E-state index contributed by atoms with van der Waals surface area (Å²) in [4.78, 5) is 25.9. The zero-order valence-electron chi connectivity index (χ0n) is 17.5. The van der Waals surface area contributed by atoms with E-state index in [0.29, 0.717) is 0 Å². The van der Waals surface area contributed by atoms with Crippen molar-refractivity contribution in [3.8, 4) is 11.1 Å². The van der Waals surface area contributed by atoms with Gasteiger partial charge in [0.25, 0.3) is 0 Å². The molecule has 0 bridgehead atoms. The molecular weight excluding hydrogens is 382 g/mol. The SMILES string of the molecule is CC(C)(C)O[C@H]1CN(C(=O)OCC2c3ccccc3-c3ccccc32)C[C@@H]1C(=O)O. The Kier molecular flexibility index (Phi) is 5.28. The fourth-order valence-electron chi connectivity index (χ4n) is 4.42. The Balaban J connectivity index is 1.46. The third-order valence-electron chi connectivity index (χ3n) is 5.68. The van der Waals surface area contributed by atoms with E-state index in [1.807, 2.05) is 45.0 Å². The Morgan fingerprint density at radius 2 is 1.57 bits per heavy atom. The molecule has 0 radical (unpaired) electrons. The van der Waals surface area contributed by atoms with Crippen LogP contribution < -0.4 is 0 Å². The average Bonchev–Trinajstić information content (AvgIpc) is 3.24. The molecule has 0 saturated carbocycles. The Bertz CT molecular complexity index is 919. The summed E-state index contributed by atoms with van der Waals surface area (Å²) in [7, 11) is 0. The van der Waals surface area contributed by atoms with Crippen LogP contribution in [0, 0.1) is 5.92 Å². The van der Waals surface area contributed by atoms with E-state index in [1.165, 1.54) is 16.0 Å². The number of carbonyl (C=O) groups excluding carboxylic acids is 1. The molecule has 0 unspecified atom stereocenters. The lowest BCUT2D eigenvalue weighted by molar-refractivity contribution is -0.149. The van der Waals surface area contributed by atoms with Gasteiger partial charge < -0.3 is 19.5 Å². The minimum atomic E-state index is -0.960. The van der Waals surface area contributed by atoms with Gasteiger partial charge in [0, 0.05) is 12.5 Å². The van der Waals surface area contributed by atoms with Crippen LogP contribution in [0.5, 0.6) is 0 Å². The van der Waals surface area contributed by atoms with Crippen molar-refractivity contribution >= 4 is 12.1 Å². The second-order valence-corrected chi connectivity index (χ2v) is 8.92. The lowest BCUT2D eigenvalue weighted by Gasteiger charge is -2.26. The van der Waals surface area contributed by atoms with Crippen molar-refractivity contribution in [2.45, 2.75) is 38.4 Å². The number of ether oxygens (including phenoxy) is 2. The number of carboxylic acid groups (broad SMARTS) is 1. The molecule has 0 aromatic heterocycles. The van der Waals surface area contributed by atoms with Crippen molar-refractivity contribution < 1.29 is 24.2 Å². The van der Waals surface area contributed by atoms with Crippen LogP contribution in [0.1, 0.15) is 37.8 Å². The van der Waals surface area contributed by atoms with Crippen molar-refractivity contribution in [3.63, 3.8) is 0 Å². The Morgan fingerprint density at radius 3 is 2.10 bits per heavy atom. The number of benzene rings is 2. The standard InChI is InChI=1S/C24H27NO5/c1-24(2,3)30-21-13-25(12-19(21)22(26)27)23(28)29-14-20-17-10-6-4-8-15(17)16-9-5-7-11-18(16)20/h4-11,19-21H,12-14H2,1-3H3,(H,26,27)/t19-,21-/m0/s1. The third kappa shape index (κ3) is 3.92. The van der Waals surface area contributed by atoms with Crippen LogP contribution in [-0.2, 0) is 14.3 Å². The number of amides is 1. The summed E-state index contributed by atoms with van der Waals surface area (Å²) in [5.74, 6) is -1.75. The number of fused-ring (bicyclic) bond motifs is 3. The fraction of sp³-hybridized carbons (Fsp3) is 0.417. The van der Waals surface area contributed by atoms with Gasteiger partial charge in [0.05, 0.1) is 18.2 Å². The Morgan fingerprint density at radius 1 is 1.00 bits per heavy atom. The molecule has 1 aliphatic carbocycles. The maximum atomic E-state index is 12.8. The molecule has 1 amide bonds. The molecule has 2 atom stereocenters. The summed E-state index contributed by atoms with van der Waals surface area (Å²) >= 11 is 0. The van der Waals surface area contributed by atoms with Crippen molar-refractivity contribution in [1.82, 2.24) is 4.90 Å². The van der Waals surface area contributed by atoms with E-state index in [4.69, 9.17) is 9.47 Å². The zero-order valence-corrected chi connectivity index (χ0v) is 17.5. The lowest BCUT2D eigenvalue weighted by atomic mass is 9.98. The number of rotatable bonds is 4. The predicted octanol–water partition coefficient (Wildman–Crippen LogP) is 4.14. The number of aliphatic carboxylic acids is 1. The first-order chi connectivity index (χ1) is 14.2. The molecular formula is C24H27NO5. The second-order valence-electron chi connectivity index (χ2n) is 8.92. The van der Waals surface area contributed by atoms with Gasteiger partial charge in [0.2, 0.25) is 0 Å². The van der Waals surface area contributed by atoms with Gasteiger partial charge >= 0.3 is 12.1 Å². The van der Waals surface area contributed by atoms with Crippen LogP contribution in [0.15, 0.2) is 48.5 Å². The zero-order chi connectivity index (χ0) is 21.5. The Labute approximate surface area is 176 Å². The van der Waals surface area contributed by atoms with Gasteiger partial charge in [-0.15, -0.1) is 0 Å². The summed E-state index contributed by atoms with van der Waals surface area (Å²) < 4.78 is 11.6. The maximum Gasteiger partial charge on any atom is 0.409 e. The van der Waals surface area contributed by atoms with Gasteiger partial charge in [-0.2, -0.15) is 0 Å². The minimum Gasteiger partial charge on any atom is -0.481 e. The fourth-order valence-corrected chi connectivity index (χ4v) is 4.42. The summed E-state index contributed by atoms with van der Waals surface area (Å²) in [6, 6.07) is 16.3. The van der Waals surface area contributed by atoms with Crippen LogP contribution >= 0.6 is 0 Å². The van der Waals surface area contributed by atoms with Gasteiger partial charge in [-0.05, 0) is 43.0 Å². The number of hydrogen-bond donors (Lipinski definition) is 1. The highest BCUT2D eigenvalue weighted by Crippen LogP contribution is 2.44. The normalized spacial score (nSPS) is 20.7. The molecule has 1 saturated heterocycles. The first-order valence-corrected chi connectivity index (χ1v) is 10.2. The first kappa shape index (κ1) is 20.4. The van der Waals surface area contributed by atoms with Crippen LogP contribution in [0.2, 0.25) is 0 Å². The summed E-state index contributed by atoms with van der Waals surface area (Å²) in [6.45, 7) is 6.15. The molecule has 1 fully saturated rings. The maximum absolute atomic E-state index is 12.8. The van der Waals surface area contributed by atoms with Crippen molar-refractivity contribution in [2.24, 2.45) is 5.92 Å². The highest BCUT2D eigenvalue weighted by molar-refractivity contribution is 5.79. The van der Waals surface area contributed by atoms with Gasteiger partial charge in [-0.1, -0.05) is 48.5 Å². The van der Waals surface area contributed by atoms with Crippen LogP contribution in [-0.4, -0.2) is 53.5 Å². The van der Waals surface area contributed by atoms with E-state index in [1.54, 1.807) is 0 Å². The van der Waals surface area contributed by atoms with Gasteiger partial charge in [-0.25, -0.2) is 4.79 Å². The average molecular weight is 409 g/mol. The van der Waals surface area contributed by atoms with Crippen molar-refractivity contribution in [3.05, 3.63) is 59.7 Å². The molecule has 2 aliphatic rings. The van der Waals surface area contributed by atoms with E-state index in [9.17, 15) is 14.7 Å². The molecule has 0 spiro atoms. The van der Waals surface area contributed by atoms with E-state index < -0.39 is 29.7 Å². The molecule has 6 heteroatoms. The highest BCUT2D eigenvalue weighted by atomic mass is 16.6. The van der Waals surface area contributed by atoms with Crippen LogP contribution in [0.3, 0.4) is 0 Å². The number of carboxylic acids is 1. The number of carbonyl (C=O) groups is 2. The molecule has 2 aromatic rings. The molecule has 1 heterocycles. The largest absolute Gasteiger partial charge is 0.481 e. The molecule has 30 heavy (non-hydrogen) atoms. The monoisotopic (exact) mass is 409 g/mol. The second kappa shape index (κ2) is 7.76. The van der Waals surface area contributed by atoms with E-state index in [0.717, 1.165) is 11.1 Å². The quantitative estimate of drug-likeness (QED) is 0.822. The number of hydrogen-bond acceptors (Lipinski definition) is 4. The highest BCUT2D eigenvalue weighted by Gasteiger charge is 2.43. The summed E-state index contributed by atoms with van der Waals surface area (Å²) in [5, 5.41) is 9.54. The summed E-state index contributed by atoms with van der Waals surface area (Å²) in [6.07, 6.45) is -1.05. The van der Waals surface area contributed by atoms with E-state index in [-0.39, 0.29) is 25.6 Å². The third-order valence-corrected chi connectivity index (χ3v) is 5.68. The minimum absolute atomic E-state index is 0.0270. The van der Waals surface area contributed by atoms with Gasteiger partial charge in [0.1, 0.15) is 12.5 Å². The van der Waals surface area contributed by atoms with Crippen LogP contribution in [0.4, 0.5) is 4.79 Å². The van der Waals surface area contributed by atoms with E-state index in [2.05, 4.69) is 24.3 Å². The molecule has 1 aliphatic heterocycles.